The molecule has 0 heterocycles. The third kappa shape index (κ3) is 3.97. The van der Waals surface area contributed by atoms with Gasteiger partial charge < -0.3 is 4.74 Å². The summed E-state index contributed by atoms with van der Waals surface area (Å²) in [4.78, 5) is 11.1. The molecule has 0 aliphatic heterocycles. The van der Waals surface area contributed by atoms with Crippen molar-refractivity contribution in [3.63, 3.8) is 0 Å². The van der Waals surface area contributed by atoms with Crippen LogP contribution in [-0.4, -0.2) is 5.97 Å². The molecule has 2 aromatic carbocycles. The molecule has 0 spiro atoms. The predicted molar refractivity (Wildman–Crippen MR) is 87.2 cm³/mol. The van der Waals surface area contributed by atoms with E-state index in [-0.39, 0.29) is 0 Å². The monoisotopic (exact) mass is 318 g/mol. The number of hydrogen-bond donors (Lipinski definition) is 0. The van der Waals surface area contributed by atoms with Crippen LogP contribution in [0.25, 0.3) is 10.1 Å². The van der Waals surface area contributed by atoms with Crippen LogP contribution in [-0.2, 0) is 4.79 Å². The van der Waals surface area contributed by atoms with Gasteiger partial charge in [-0.1, -0.05) is 60.1 Å². The highest BCUT2D eigenvalue weighted by Crippen LogP contribution is 2.33. The zero-order valence-electron chi connectivity index (χ0n) is 11.1. The van der Waals surface area contributed by atoms with Gasteiger partial charge in [0.25, 0.3) is 0 Å². The van der Waals surface area contributed by atoms with Crippen molar-refractivity contribution in [3.8, 4) is 5.75 Å². The van der Waals surface area contributed by atoms with Crippen molar-refractivity contribution in [1.29, 1.82) is 0 Å². The maximum absolute atomic E-state index is 11.1. The van der Waals surface area contributed by atoms with Gasteiger partial charge in [-0.3, -0.25) is 0 Å². The first-order valence-electron chi connectivity index (χ1n) is 6.17. The topological polar surface area (TPSA) is 26.3 Å². The Hall–Kier alpha value is -2.03. The molecule has 0 fully saturated rings. The molecule has 0 aliphatic rings. The Morgan fingerprint density at radius 1 is 0.905 bits per heavy atom. The minimum Gasteiger partial charge on any atom is -0.423 e. The Labute approximate surface area is 133 Å². The number of carbonyl (C=O) groups excluding carboxylic acids is 1. The van der Waals surface area contributed by atoms with Crippen LogP contribution in [0.1, 0.15) is 11.1 Å². The van der Waals surface area contributed by atoms with E-state index in [1.807, 2.05) is 30.3 Å². The first-order chi connectivity index (χ1) is 10.1. The first kappa shape index (κ1) is 15.4. The third-order valence-electron chi connectivity index (χ3n) is 2.71. The van der Waals surface area contributed by atoms with Crippen molar-refractivity contribution in [2.75, 3.05) is 0 Å². The zero-order chi connectivity index (χ0) is 15.2. The molecule has 2 aromatic rings. The highest BCUT2D eigenvalue weighted by molar-refractivity contribution is 6.65. The zero-order valence-corrected chi connectivity index (χ0v) is 12.6. The largest absolute Gasteiger partial charge is 0.423 e. The molecular formula is C17H12Cl2O2. The molecule has 0 unspecified atom stereocenters. The fraction of sp³-hybridized carbons (Fsp3) is 0. The lowest BCUT2D eigenvalue weighted by Gasteiger charge is -2.06. The van der Waals surface area contributed by atoms with Gasteiger partial charge in [0.1, 0.15) is 5.75 Å². The number of rotatable bonds is 4. The molecule has 0 amide bonds. The lowest BCUT2D eigenvalue weighted by Crippen LogP contribution is -2.02. The van der Waals surface area contributed by atoms with E-state index in [2.05, 4.69) is 6.58 Å². The summed E-state index contributed by atoms with van der Waals surface area (Å²) in [6.45, 7) is 3.34. The molecule has 0 saturated carbocycles. The number of carbonyl (C=O) groups is 1. The predicted octanol–water partition coefficient (Wildman–Crippen LogP) is 5.08. The SMILES string of the molecule is C=CC(=O)Oc1ccc(C(Cl)=C(Cl)c2ccccc2)cc1. The van der Waals surface area contributed by atoms with Crippen LogP contribution in [0.3, 0.4) is 0 Å². The lowest BCUT2D eigenvalue weighted by molar-refractivity contribution is -0.128. The number of hydrogen-bond acceptors (Lipinski definition) is 2. The van der Waals surface area contributed by atoms with E-state index in [0.29, 0.717) is 15.8 Å². The summed E-state index contributed by atoms with van der Waals surface area (Å²) in [6.07, 6.45) is 1.10. The van der Waals surface area contributed by atoms with E-state index >= 15 is 0 Å². The van der Waals surface area contributed by atoms with Crippen molar-refractivity contribution < 1.29 is 9.53 Å². The van der Waals surface area contributed by atoms with Crippen LogP contribution < -0.4 is 4.74 Å². The molecule has 2 rings (SSSR count). The minimum absolute atomic E-state index is 0.420. The van der Waals surface area contributed by atoms with Crippen molar-refractivity contribution in [3.05, 3.63) is 78.4 Å². The number of benzene rings is 2. The highest BCUT2D eigenvalue weighted by Gasteiger charge is 2.08. The van der Waals surface area contributed by atoms with Crippen molar-refractivity contribution in [2.45, 2.75) is 0 Å². The number of halogens is 2. The maximum Gasteiger partial charge on any atom is 0.335 e. The molecule has 0 atom stereocenters. The van der Waals surface area contributed by atoms with Crippen LogP contribution in [0.4, 0.5) is 0 Å². The lowest BCUT2D eigenvalue weighted by atomic mass is 10.1. The van der Waals surface area contributed by atoms with E-state index in [9.17, 15) is 4.79 Å². The fourth-order valence-corrected chi connectivity index (χ4v) is 2.14. The molecule has 0 N–H and O–H groups in total. The highest BCUT2D eigenvalue weighted by atomic mass is 35.5. The van der Waals surface area contributed by atoms with Crippen molar-refractivity contribution >= 4 is 39.2 Å². The molecule has 0 aliphatic carbocycles. The second-order valence-corrected chi connectivity index (χ2v) is 4.90. The maximum atomic E-state index is 11.1. The van der Waals surface area contributed by atoms with Gasteiger partial charge in [0.05, 0.1) is 10.1 Å². The van der Waals surface area contributed by atoms with Crippen LogP contribution in [0, 0.1) is 0 Å². The second-order valence-electron chi connectivity index (χ2n) is 4.14. The van der Waals surface area contributed by atoms with Gasteiger partial charge in [-0.15, -0.1) is 0 Å². The average molecular weight is 319 g/mol. The van der Waals surface area contributed by atoms with Crippen molar-refractivity contribution in [2.24, 2.45) is 0 Å². The Morgan fingerprint density at radius 3 is 1.95 bits per heavy atom. The Balaban J connectivity index is 2.25. The van der Waals surface area contributed by atoms with E-state index in [1.54, 1.807) is 24.3 Å². The van der Waals surface area contributed by atoms with E-state index < -0.39 is 5.97 Å². The van der Waals surface area contributed by atoms with Gasteiger partial charge in [0, 0.05) is 6.08 Å². The molecule has 21 heavy (non-hydrogen) atoms. The fourth-order valence-electron chi connectivity index (χ4n) is 1.67. The Morgan fingerprint density at radius 2 is 1.43 bits per heavy atom. The van der Waals surface area contributed by atoms with Gasteiger partial charge in [0.15, 0.2) is 0 Å². The van der Waals surface area contributed by atoms with Gasteiger partial charge in [-0.2, -0.15) is 0 Å². The van der Waals surface area contributed by atoms with Crippen LogP contribution >= 0.6 is 23.2 Å². The molecule has 0 radical (unpaired) electrons. The van der Waals surface area contributed by atoms with Crippen LogP contribution in [0.5, 0.6) is 5.75 Å². The molecule has 2 nitrogen and oxygen atoms in total. The summed E-state index contributed by atoms with van der Waals surface area (Å²) in [5.41, 5.74) is 1.58. The summed E-state index contributed by atoms with van der Waals surface area (Å²) in [5, 5.41) is 0.901. The molecule has 0 aromatic heterocycles. The standard InChI is InChI=1S/C17H12Cl2O2/c1-2-15(20)21-14-10-8-13(9-11-14)17(19)16(18)12-6-4-3-5-7-12/h2-11H,1H2. The molecular weight excluding hydrogens is 307 g/mol. The normalized spacial score (nSPS) is 11.5. The molecule has 0 saturated heterocycles. The summed E-state index contributed by atoms with van der Waals surface area (Å²) in [5.74, 6) is -0.0874. The minimum atomic E-state index is -0.508. The number of esters is 1. The second kappa shape index (κ2) is 7.11. The summed E-state index contributed by atoms with van der Waals surface area (Å²) in [6, 6.07) is 16.2. The Bertz CT molecular complexity index is 674. The third-order valence-corrected chi connectivity index (χ3v) is 3.62. The van der Waals surface area contributed by atoms with Gasteiger partial charge in [0.2, 0.25) is 0 Å². The van der Waals surface area contributed by atoms with E-state index in [1.165, 1.54) is 0 Å². The van der Waals surface area contributed by atoms with Crippen LogP contribution in [0.2, 0.25) is 0 Å². The first-order valence-corrected chi connectivity index (χ1v) is 6.93. The summed E-state index contributed by atoms with van der Waals surface area (Å²) in [7, 11) is 0. The summed E-state index contributed by atoms with van der Waals surface area (Å²) >= 11 is 12.6. The smallest absolute Gasteiger partial charge is 0.335 e. The number of ether oxygens (including phenoxy) is 1. The molecule has 0 bridgehead atoms. The Kier molecular flexibility index (Phi) is 5.20. The van der Waals surface area contributed by atoms with Gasteiger partial charge in [-0.05, 0) is 35.4 Å². The van der Waals surface area contributed by atoms with Crippen molar-refractivity contribution in [1.82, 2.24) is 0 Å². The summed E-state index contributed by atoms with van der Waals surface area (Å²) < 4.78 is 4.99. The van der Waals surface area contributed by atoms with Crippen LogP contribution in [0.15, 0.2) is 67.3 Å². The molecule has 4 heteroatoms. The van der Waals surface area contributed by atoms with E-state index in [0.717, 1.165) is 17.2 Å². The quantitative estimate of drug-likeness (QED) is 0.340. The van der Waals surface area contributed by atoms with E-state index in [4.69, 9.17) is 27.9 Å². The average Bonchev–Trinajstić information content (AvgIpc) is 2.55. The van der Waals surface area contributed by atoms with Gasteiger partial charge in [-0.25, -0.2) is 4.79 Å². The molecule has 106 valence electrons. The van der Waals surface area contributed by atoms with Gasteiger partial charge >= 0.3 is 5.97 Å².